The molecule has 0 aromatic carbocycles. The summed E-state index contributed by atoms with van der Waals surface area (Å²) in [5.74, 6) is -0.123. The number of pyridine rings is 1. The van der Waals surface area contributed by atoms with Gasteiger partial charge < -0.3 is 4.74 Å². The molecule has 1 heterocycles. The molecule has 0 saturated heterocycles. The van der Waals surface area contributed by atoms with Crippen LogP contribution < -0.4 is 0 Å². The van der Waals surface area contributed by atoms with Crippen molar-refractivity contribution in [2.24, 2.45) is 0 Å². The second-order valence-corrected chi connectivity index (χ2v) is 2.35. The molecule has 1 rings (SSSR count). The Hall–Kier alpha value is -1.38. The first kappa shape index (κ1) is 11.6. The molecule has 3 nitrogen and oxygen atoms in total. The SMILES string of the molecule is CCCC(=O)OC.c1ccncc1. The minimum atomic E-state index is -0.123. The van der Waals surface area contributed by atoms with Crippen molar-refractivity contribution in [3.63, 3.8) is 0 Å². The standard InChI is InChI=1S/C5H5N.C5H10O2/c1-2-4-6-5-3-1;1-3-4-5(6)7-2/h1-5H;3-4H2,1-2H3. The zero-order chi connectivity index (χ0) is 9.94. The van der Waals surface area contributed by atoms with Crippen LogP contribution in [0.5, 0.6) is 0 Å². The summed E-state index contributed by atoms with van der Waals surface area (Å²) < 4.78 is 4.35. The molecule has 0 unspecified atom stereocenters. The van der Waals surface area contributed by atoms with Gasteiger partial charge in [-0.2, -0.15) is 0 Å². The molecule has 0 fully saturated rings. The Kier molecular flexibility index (Phi) is 7.79. The van der Waals surface area contributed by atoms with Gasteiger partial charge in [0.05, 0.1) is 7.11 Å². The molecule has 0 N–H and O–H groups in total. The van der Waals surface area contributed by atoms with Crippen LogP contribution in [0.2, 0.25) is 0 Å². The van der Waals surface area contributed by atoms with Crippen molar-refractivity contribution in [1.29, 1.82) is 0 Å². The number of ether oxygens (including phenoxy) is 1. The molecular formula is C10H15NO2. The number of esters is 1. The molecule has 1 aromatic heterocycles. The van der Waals surface area contributed by atoms with Crippen molar-refractivity contribution in [1.82, 2.24) is 4.98 Å². The summed E-state index contributed by atoms with van der Waals surface area (Å²) in [6.45, 7) is 1.94. The summed E-state index contributed by atoms with van der Waals surface area (Å²) in [6, 6.07) is 5.72. The zero-order valence-corrected chi connectivity index (χ0v) is 8.06. The van der Waals surface area contributed by atoms with E-state index in [1.165, 1.54) is 7.11 Å². The van der Waals surface area contributed by atoms with Crippen molar-refractivity contribution < 1.29 is 9.53 Å². The van der Waals surface area contributed by atoms with E-state index in [9.17, 15) is 4.79 Å². The quantitative estimate of drug-likeness (QED) is 0.655. The lowest BCUT2D eigenvalue weighted by atomic mass is 10.3. The van der Waals surface area contributed by atoms with Gasteiger partial charge in [-0.15, -0.1) is 0 Å². The Labute approximate surface area is 78.8 Å². The Morgan fingerprint density at radius 1 is 1.31 bits per heavy atom. The van der Waals surface area contributed by atoms with Crippen molar-refractivity contribution in [3.8, 4) is 0 Å². The highest BCUT2D eigenvalue weighted by Gasteiger charge is 1.92. The summed E-state index contributed by atoms with van der Waals surface area (Å²) >= 11 is 0. The predicted molar refractivity (Wildman–Crippen MR) is 51.2 cm³/mol. The fourth-order valence-electron chi connectivity index (χ4n) is 0.619. The lowest BCUT2D eigenvalue weighted by Gasteiger charge is -1.91. The average Bonchev–Trinajstić information content (AvgIpc) is 2.22. The van der Waals surface area contributed by atoms with Gasteiger partial charge in [-0.05, 0) is 18.6 Å². The number of aromatic nitrogens is 1. The molecule has 3 heteroatoms. The average molecular weight is 181 g/mol. The largest absolute Gasteiger partial charge is 0.469 e. The second-order valence-electron chi connectivity index (χ2n) is 2.35. The number of methoxy groups -OCH3 is 1. The Balaban J connectivity index is 0.000000223. The minimum Gasteiger partial charge on any atom is -0.469 e. The van der Waals surface area contributed by atoms with Crippen LogP contribution in [0.1, 0.15) is 19.8 Å². The number of carbonyl (C=O) groups is 1. The van der Waals surface area contributed by atoms with E-state index in [2.05, 4.69) is 9.72 Å². The summed E-state index contributed by atoms with van der Waals surface area (Å²) in [4.78, 5) is 14.0. The van der Waals surface area contributed by atoms with Gasteiger partial charge in [0.15, 0.2) is 0 Å². The van der Waals surface area contributed by atoms with Crippen LogP contribution in [-0.2, 0) is 9.53 Å². The topological polar surface area (TPSA) is 39.2 Å². The summed E-state index contributed by atoms with van der Waals surface area (Å²) in [5.41, 5.74) is 0. The molecule has 0 aliphatic rings. The van der Waals surface area contributed by atoms with Crippen LogP contribution in [0, 0.1) is 0 Å². The van der Waals surface area contributed by atoms with Crippen molar-refractivity contribution in [3.05, 3.63) is 30.6 Å². The van der Waals surface area contributed by atoms with Crippen LogP contribution >= 0.6 is 0 Å². The first-order chi connectivity index (χ1) is 6.31. The molecule has 0 saturated carbocycles. The van der Waals surface area contributed by atoms with Gasteiger partial charge in [-0.1, -0.05) is 13.0 Å². The first-order valence-corrected chi connectivity index (χ1v) is 4.23. The van der Waals surface area contributed by atoms with Crippen LogP contribution in [0.15, 0.2) is 30.6 Å². The molecule has 72 valence electrons. The van der Waals surface area contributed by atoms with Crippen LogP contribution in [0.25, 0.3) is 0 Å². The monoisotopic (exact) mass is 181 g/mol. The molecule has 13 heavy (non-hydrogen) atoms. The lowest BCUT2D eigenvalue weighted by molar-refractivity contribution is -0.140. The van der Waals surface area contributed by atoms with E-state index in [-0.39, 0.29) is 5.97 Å². The number of rotatable bonds is 2. The van der Waals surface area contributed by atoms with Crippen LogP contribution in [-0.4, -0.2) is 18.1 Å². The Morgan fingerprint density at radius 3 is 2.08 bits per heavy atom. The third-order valence-corrected chi connectivity index (χ3v) is 1.25. The Morgan fingerprint density at radius 2 is 1.92 bits per heavy atom. The first-order valence-electron chi connectivity index (χ1n) is 4.23. The van der Waals surface area contributed by atoms with Crippen molar-refractivity contribution >= 4 is 5.97 Å². The van der Waals surface area contributed by atoms with E-state index in [1.54, 1.807) is 12.4 Å². The number of hydrogen-bond acceptors (Lipinski definition) is 3. The molecule has 0 amide bonds. The van der Waals surface area contributed by atoms with Crippen molar-refractivity contribution in [2.45, 2.75) is 19.8 Å². The van der Waals surface area contributed by atoms with Crippen LogP contribution in [0.3, 0.4) is 0 Å². The molecule has 0 atom stereocenters. The summed E-state index contributed by atoms with van der Waals surface area (Å²) in [7, 11) is 1.40. The van der Waals surface area contributed by atoms with Gasteiger partial charge in [0.25, 0.3) is 0 Å². The maximum atomic E-state index is 10.2. The number of carbonyl (C=O) groups excluding carboxylic acids is 1. The lowest BCUT2D eigenvalue weighted by Crippen LogP contribution is -1.97. The van der Waals surface area contributed by atoms with Gasteiger partial charge in [-0.3, -0.25) is 9.78 Å². The minimum absolute atomic E-state index is 0.123. The van der Waals surface area contributed by atoms with E-state index < -0.39 is 0 Å². The van der Waals surface area contributed by atoms with E-state index in [0.29, 0.717) is 6.42 Å². The van der Waals surface area contributed by atoms with Gasteiger partial charge in [0, 0.05) is 18.8 Å². The van der Waals surface area contributed by atoms with Gasteiger partial charge >= 0.3 is 5.97 Å². The van der Waals surface area contributed by atoms with Gasteiger partial charge in [-0.25, -0.2) is 0 Å². The molecule has 0 aliphatic heterocycles. The van der Waals surface area contributed by atoms with E-state index in [4.69, 9.17) is 0 Å². The normalized spacial score (nSPS) is 8.15. The molecule has 0 bridgehead atoms. The second kappa shape index (κ2) is 8.71. The smallest absolute Gasteiger partial charge is 0.305 e. The predicted octanol–water partition coefficient (Wildman–Crippen LogP) is 2.04. The van der Waals surface area contributed by atoms with E-state index >= 15 is 0 Å². The fraction of sp³-hybridized carbons (Fsp3) is 0.400. The van der Waals surface area contributed by atoms with Gasteiger partial charge in [0.1, 0.15) is 0 Å². The highest BCUT2D eigenvalue weighted by molar-refractivity contribution is 5.68. The molecule has 1 aromatic rings. The number of hydrogen-bond donors (Lipinski definition) is 0. The van der Waals surface area contributed by atoms with Crippen molar-refractivity contribution in [2.75, 3.05) is 7.11 Å². The third kappa shape index (κ3) is 8.53. The van der Waals surface area contributed by atoms with E-state index in [1.807, 2.05) is 25.1 Å². The van der Waals surface area contributed by atoms with Gasteiger partial charge in [0.2, 0.25) is 0 Å². The molecular weight excluding hydrogens is 166 g/mol. The molecule has 0 radical (unpaired) electrons. The van der Waals surface area contributed by atoms with Crippen LogP contribution in [0.4, 0.5) is 0 Å². The molecule has 0 aliphatic carbocycles. The highest BCUT2D eigenvalue weighted by atomic mass is 16.5. The maximum absolute atomic E-state index is 10.2. The highest BCUT2D eigenvalue weighted by Crippen LogP contribution is 1.86. The maximum Gasteiger partial charge on any atom is 0.305 e. The third-order valence-electron chi connectivity index (χ3n) is 1.25. The Bertz CT molecular complexity index is 185. The summed E-state index contributed by atoms with van der Waals surface area (Å²) in [5, 5.41) is 0. The molecule has 0 spiro atoms. The zero-order valence-electron chi connectivity index (χ0n) is 8.06. The summed E-state index contributed by atoms with van der Waals surface area (Å²) in [6.07, 6.45) is 4.91. The fourth-order valence-corrected chi connectivity index (χ4v) is 0.619. The number of nitrogens with zero attached hydrogens (tertiary/aromatic N) is 1. The van der Waals surface area contributed by atoms with E-state index in [0.717, 1.165) is 6.42 Å².